The molecule has 0 aromatic heterocycles. The minimum Gasteiger partial charge on any atom is -0.489 e. The van der Waals surface area contributed by atoms with Crippen LogP contribution in [0.25, 0.3) is 0 Å². The summed E-state index contributed by atoms with van der Waals surface area (Å²) in [7, 11) is 0. The second-order valence-electron chi connectivity index (χ2n) is 6.79. The third-order valence-corrected chi connectivity index (χ3v) is 5.49. The summed E-state index contributed by atoms with van der Waals surface area (Å²) in [6, 6.07) is 21.1. The highest BCUT2D eigenvalue weighted by Crippen LogP contribution is 2.30. The van der Waals surface area contributed by atoms with E-state index in [9.17, 15) is 19.7 Å². The van der Waals surface area contributed by atoms with Crippen LogP contribution in [0.3, 0.4) is 0 Å². The van der Waals surface area contributed by atoms with Gasteiger partial charge >= 0.3 is 0 Å². The maximum atomic E-state index is 12.2. The summed E-state index contributed by atoms with van der Waals surface area (Å²) < 4.78 is 5.74. The molecule has 32 heavy (non-hydrogen) atoms. The van der Waals surface area contributed by atoms with Crippen LogP contribution in [0, 0.1) is 10.1 Å². The molecule has 0 aliphatic rings. The van der Waals surface area contributed by atoms with Gasteiger partial charge in [0.1, 0.15) is 12.4 Å². The highest BCUT2D eigenvalue weighted by atomic mass is 32.2. The predicted molar refractivity (Wildman–Crippen MR) is 121 cm³/mol. The Balaban J connectivity index is 1.52. The molecule has 3 rings (SSSR count). The molecule has 8 nitrogen and oxygen atoms in total. The van der Waals surface area contributed by atoms with Gasteiger partial charge in [-0.15, -0.1) is 11.8 Å². The zero-order chi connectivity index (χ0) is 22.9. The van der Waals surface area contributed by atoms with E-state index in [0.717, 1.165) is 34.7 Å². The summed E-state index contributed by atoms with van der Waals surface area (Å²) in [4.78, 5) is 34.4. The van der Waals surface area contributed by atoms with Gasteiger partial charge in [0.2, 0.25) is 11.8 Å². The van der Waals surface area contributed by atoms with Gasteiger partial charge in [-0.25, -0.2) is 0 Å². The molecular formula is C23H21N3O5S. The van der Waals surface area contributed by atoms with Crippen molar-refractivity contribution in [2.45, 2.75) is 18.0 Å². The van der Waals surface area contributed by atoms with Gasteiger partial charge in [0.05, 0.1) is 15.6 Å². The van der Waals surface area contributed by atoms with Crippen molar-refractivity contribution in [1.29, 1.82) is 0 Å². The summed E-state index contributed by atoms with van der Waals surface area (Å²) >= 11 is 1.02. The fraction of sp³-hybridized carbons (Fsp3) is 0.130. The van der Waals surface area contributed by atoms with E-state index < -0.39 is 10.8 Å². The van der Waals surface area contributed by atoms with Crippen molar-refractivity contribution >= 4 is 29.3 Å². The van der Waals surface area contributed by atoms with Gasteiger partial charge in [-0.1, -0.05) is 42.5 Å². The molecule has 3 N–H and O–H groups in total. The standard InChI is InChI=1S/C23H21N3O5S/c24-23(28)18-9-10-21(20(12-18)26(29)30)32-15-22(27)25-13-16-5-4-6-17(11-16)14-31-19-7-2-1-3-8-19/h1-12H,13-15H2,(H2,24,28)(H,25,27). The zero-order valence-electron chi connectivity index (χ0n) is 17.0. The van der Waals surface area contributed by atoms with Crippen molar-refractivity contribution in [3.63, 3.8) is 0 Å². The normalized spacial score (nSPS) is 10.4. The number of nitrogens with zero attached hydrogens (tertiary/aromatic N) is 1. The molecule has 0 fully saturated rings. The average molecular weight is 452 g/mol. The number of hydrogen-bond acceptors (Lipinski definition) is 6. The minimum absolute atomic E-state index is 0.00638. The second-order valence-corrected chi connectivity index (χ2v) is 7.81. The van der Waals surface area contributed by atoms with E-state index in [0.29, 0.717) is 13.2 Å². The van der Waals surface area contributed by atoms with Crippen LogP contribution in [0.2, 0.25) is 0 Å². The molecule has 0 heterocycles. The van der Waals surface area contributed by atoms with Crippen molar-refractivity contribution in [1.82, 2.24) is 5.32 Å². The molecule has 3 aromatic rings. The van der Waals surface area contributed by atoms with E-state index in [1.54, 1.807) is 0 Å². The van der Waals surface area contributed by atoms with Crippen molar-refractivity contribution in [3.8, 4) is 5.75 Å². The van der Waals surface area contributed by atoms with Gasteiger partial charge in [-0.2, -0.15) is 0 Å². The number of benzene rings is 3. The molecule has 0 atom stereocenters. The highest BCUT2D eigenvalue weighted by molar-refractivity contribution is 8.00. The van der Waals surface area contributed by atoms with E-state index in [1.165, 1.54) is 12.1 Å². The first-order valence-corrected chi connectivity index (χ1v) is 10.6. The van der Waals surface area contributed by atoms with Crippen LogP contribution < -0.4 is 15.8 Å². The Labute approximate surface area is 188 Å². The summed E-state index contributed by atoms with van der Waals surface area (Å²) in [6.45, 7) is 0.730. The Bertz CT molecular complexity index is 1120. The largest absolute Gasteiger partial charge is 0.489 e. The molecule has 0 saturated carbocycles. The molecule has 0 spiro atoms. The van der Waals surface area contributed by atoms with Crippen molar-refractivity contribution in [2.75, 3.05) is 5.75 Å². The van der Waals surface area contributed by atoms with E-state index in [2.05, 4.69) is 5.32 Å². The topological polar surface area (TPSA) is 125 Å². The SMILES string of the molecule is NC(=O)c1ccc(SCC(=O)NCc2cccc(COc3ccccc3)c2)c([N+](=O)[O-])c1. The number of nitrogens with two attached hydrogens (primary N) is 1. The number of ether oxygens (including phenoxy) is 1. The molecule has 0 aliphatic carbocycles. The lowest BCUT2D eigenvalue weighted by atomic mass is 10.1. The number of carbonyl (C=O) groups is 2. The Morgan fingerprint density at radius 3 is 2.47 bits per heavy atom. The number of nitro benzene ring substituents is 1. The number of primary amides is 1. The minimum atomic E-state index is -0.751. The third-order valence-electron chi connectivity index (χ3n) is 4.43. The lowest BCUT2D eigenvalue weighted by Crippen LogP contribution is -2.24. The van der Waals surface area contributed by atoms with Crippen LogP contribution in [0.15, 0.2) is 77.7 Å². The summed E-state index contributed by atoms with van der Waals surface area (Å²) in [5.41, 5.74) is 6.84. The highest BCUT2D eigenvalue weighted by Gasteiger charge is 2.18. The van der Waals surface area contributed by atoms with Gasteiger partial charge < -0.3 is 15.8 Å². The zero-order valence-corrected chi connectivity index (χ0v) is 17.8. The predicted octanol–water partition coefficient (Wildman–Crippen LogP) is 3.68. The lowest BCUT2D eigenvalue weighted by Gasteiger charge is -2.09. The number of amides is 2. The fourth-order valence-electron chi connectivity index (χ4n) is 2.84. The van der Waals surface area contributed by atoms with Crippen LogP contribution in [0.1, 0.15) is 21.5 Å². The van der Waals surface area contributed by atoms with E-state index >= 15 is 0 Å². The average Bonchev–Trinajstić information content (AvgIpc) is 2.80. The third kappa shape index (κ3) is 6.58. The molecule has 164 valence electrons. The van der Waals surface area contributed by atoms with Crippen LogP contribution in [0.4, 0.5) is 5.69 Å². The summed E-state index contributed by atoms with van der Waals surface area (Å²) in [5, 5.41) is 14.1. The van der Waals surface area contributed by atoms with Crippen LogP contribution >= 0.6 is 11.8 Å². The molecule has 0 bridgehead atoms. The van der Waals surface area contributed by atoms with Gasteiger partial charge in [0.25, 0.3) is 5.69 Å². The Hall–Kier alpha value is -3.85. The molecule has 0 saturated heterocycles. The summed E-state index contributed by atoms with van der Waals surface area (Å²) in [5.74, 6) is -0.248. The fourth-order valence-corrected chi connectivity index (χ4v) is 3.68. The first kappa shape index (κ1) is 22.8. The van der Waals surface area contributed by atoms with Gasteiger partial charge in [0.15, 0.2) is 0 Å². The molecule has 0 aliphatic heterocycles. The van der Waals surface area contributed by atoms with Gasteiger partial charge in [-0.3, -0.25) is 19.7 Å². The molecular weight excluding hydrogens is 430 g/mol. The first-order valence-electron chi connectivity index (χ1n) is 9.66. The molecule has 0 unspecified atom stereocenters. The lowest BCUT2D eigenvalue weighted by molar-refractivity contribution is -0.387. The number of para-hydroxylation sites is 1. The Morgan fingerprint density at radius 1 is 1.00 bits per heavy atom. The monoisotopic (exact) mass is 451 g/mol. The Kier molecular flexibility index (Phi) is 7.82. The van der Waals surface area contributed by atoms with Crippen LogP contribution in [-0.4, -0.2) is 22.5 Å². The molecule has 9 heteroatoms. The summed E-state index contributed by atoms with van der Waals surface area (Å²) in [6.07, 6.45) is 0. The second kappa shape index (κ2) is 11.0. The van der Waals surface area contributed by atoms with Gasteiger partial charge in [0, 0.05) is 18.2 Å². The smallest absolute Gasteiger partial charge is 0.283 e. The Morgan fingerprint density at radius 2 is 1.75 bits per heavy atom. The van der Waals surface area contributed by atoms with E-state index in [1.807, 2.05) is 54.6 Å². The first-order chi connectivity index (χ1) is 15.4. The maximum Gasteiger partial charge on any atom is 0.283 e. The number of rotatable bonds is 10. The number of hydrogen-bond donors (Lipinski definition) is 2. The maximum absolute atomic E-state index is 12.2. The van der Waals surface area contributed by atoms with Crippen molar-refractivity contribution in [3.05, 3.63) is 99.6 Å². The number of nitro groups is 1. The number of carbonyl (C=O) groups excluding carboxylic acids is 2. The van der Waals surface area contributed by atoms with Crippen molar-refractivity contribution in [2.24, 2.45) is 5.73 Å². The van der Waals surface area contributed by atoms with E-state index in [4.69, 9.17) is 10.5 Å². The van der Waals surface area contributed by atoms with Crippen molar-refractivity contribution < 1.29 is 19.2 Å². The van der Waals surface area contributed by atoms with Crippen LogP contribution in [0.5, 0.6) is 5.75 Å². The van der Waals surface area contributed by atoms with Crippen LogP contribution in [-0.2, 0) is 17.9 Å². The quantitative estimate of drug-likeness (QED) is 0.275. The molecule has 0 radical (unpaired) electrons. The molecule has 3 aromatic carbocycles. The van der Waals surface area contributed by atoms with Gasteiger partial charge in [-0.05, 0) is 35.4 Å². The molecule has 2 amide bonds. The number of thioether (sulfide) groups is 1. The number of nitrogens with one attached hydrogen (secondary N) is 1. The van der Waals surface area contributed by atoms with E-state index in [-0.39, 0.29) is 27.8 Å².